The molecule has 0 saturated heterocycles. The Hall–Kier alpha value is -3.89. The van der Waals surface area contributed by atoms with Gasteiger partial charge in [0.05, 0.1) is 0 Å². The first-order chi connectivity index (χ1) is 16.6. The fourth-order valence-electron chi connectivity index (χ4n) is 4.44. The van der Waals surface area contributed by atoms with Crippen molar-refractivity contribution in [2.75, 3.05) is 0 Å². The van der Waals surface area contributed by atoms with E-state index in [0.29, 0.717) is 16.9 Å². The summed E-state index contributed by atoms with van der Waals surface area (Å²) in [6.07, 6.45) is 0. The van der Waals surface area contributed by atoms with Crippen molar-refractivity contribution in [2.45, 2.75) is 6.92 Å². The fraction of sp³-hybridized carbons (Fsp3) is 0.0333. The molecule has 0 radical (unpaired) electrons. The number of hydrogen-bond donors (Lipinski definition) is 0. The van der Waals surface area contributed by atoms with Crippen molar-refractivity contribution in [3.63, 3.8) is 0 Å². The van der Waals surface area contributed by atoms with Gasteiger partial charge >= 0.3 is 0 Å². The summed E-state index contributed by atoms with van der Waals surface area (Å²) >= 11 is 3.42. The Bertz CT molecular complexity index is 1660. The zero-order valence-corrected chi connectivity index (χ0v) is 19.9. The predicted octanol–water partition coefficient (Wildman–Crippen LogP) is 8.81. The summed E-state index contributed by atoms with van der Waals surface area (Å²) < 4.78 is 13.4. The molecule has 0 atom stereocenters. The van der Waals surface area contributed by atoms with E-state index in [0.717, 1.165) is 48.8 Å². The molecule has 0 aliphatic rings. The molecule has 3 nitrogen and oxygen atoms in total. The van der Waals surface area contributed by atoms with Crippen LogP contribution in [0, 0.1) is 6.92 Å². The lowest BCUT2D eigenvalue weighted by Crippen LogP contribution is -2.01. The van der Waals surface area contributed by atoms with E-state index in [1.165, 1.54) is 0 Å². The Kier molecular flexibility index (Phi) is 4.96. The highest BCUT2D eigenvalue weighted by Gasteiger charge is 2.23. The van der Waals surface area contributed by atoms with Gasteiger partial charge in [-0.15, -0.1) is 0 Å². The molecule has 2 heterocycles. The number of furan rings is 2. The SMILES string of the molecule is Cc1c(C(=O)c2ccc(Br)cc2)oc2cc3oc(-c4ccccc4)c(-c4ccccc4)c3cc12. The van der Waals surface area contributed by atoms with Crippen molar-refractivity contribution in [2.24, 2.45) is 0 Å². The van der Waals surface area contributed by atoms with E-state index < -0.39 is 0 Å². The smallest absolute Gasteiger partial charge is 0.228 e. The normalized spacial score (nSPS) is 11.4. The average molecular weight is 507 g/mol. The lowest BCUT2D eigenvalue weighted by atomic mass is 9.97. The Morgan fingerprint density at radius 2 is 1.32 bits per heavy atom. The summed E-state index contributed by atoms with van der Waals surface area (Å²) in [4.78, 5) is 13.2. The molecule has 0 bridgehead atoms. The summed E-state index contributed by atoms with van der Waals surface area (Å²) in [5.74, 6) is 1.04. The minimum absolute atomic E-state index is 0.133. The topological polar surface area (TPSA) is 43.4 Å². The number of ketones is 1. The molecule has 164 valence electrons. The van der Waals surface area contributed by atoms with Crippen molar-refractivity contribution < 1.29 is 13.6 Å². The average Bonchev–Trinajstić information content (AvgIpc) is 3.41. The molecular weight excluding hydrogens is 488 g/mol. The van der Waals surface area contributed by atoms with Gasteiger partial charge in [-0.2, -0.15) is 0 Å². The third-order valence-electron chi connectivity index (χ3n) is 6.16. The van der Waals surface area contributed by atoms with Crippen molar-refractivity contribution in [1.82, 2.24) is 0 Å². The number of fused-ring (bicyclic) bond motifs is 2. The van der Waals surface area contributed by atoms with Gasteiger partial charge in [-0.1, -0.05) is 76.6 Å². The second-order valence-electron chi connectivity index (χ2n) is 8.27. The highest BCUT2D eigenvalue weighted by Crippen LogP contribution is 2.43. The van der Waals surface area contributed by atoms with Gasteiger partial charge in [0.25, 0.3) is 0 Å². The van der Waals surface area contributed by atoms with Crippen LogP contribution >= 0.6 is 15.9 Å². The van der Waals surface area contributed by atoms with Crippen molar-refractivity contribution in [3.05, 3.63) is 118 Å². The molecule has 0 fully saturated rings. The van der Waals surface area contributed by atoms with E-state index in [9.17, 15) is 4.79 Å². The number of aryl methyl sites for hydroxylation is 1. The first-order valence-corrected chi connectivity index (χ1v) is 11.8. The van der Waals surface area contributed by atoms with Gasteiger partial charge in [0.15, 0.2) is 5.76 Å². The minimum Gasteiger partial charge on any atom is -0.455 e. The van der Waals surface area contributed by atoms with E-state index in [-0.39, 0.29) is 5.78 Å². The number of hydrogen-bond acceptors (Lipinski definition) is 3. The summed E-state index contributed by atoms with van der Waals surface area (Å²) in [5, 5.41) is 1.90. The number of benzene rings is 4. The second-order valence-corrected chi connectivity index (χ2v) is 9.19. The van der Waals surface area contributed by atoms with Crippen LogP contribution in [0.25, 0.3) is 44.4 Å². The third kappa shape index (κ3) is 3.39. The van der Waals surface area contributed by atoms with Gasteiger partial charge in [-0.3, -0.25) is 4.79 Å². The van der Waals surface area contributed by atoms with Crippen molar-refractivity contribution in [1.29, 1.82) is 0 Å². The first kappa shape index (κ1) is 20.7. The van der Waals surface area contributed by atoms with Gasteiger partial charge in [0, 0.05) is 43.6 Å². The quantitative estimate of drug-likeness (QED) is 0.224. The monoisotopic (exact) mass is 506 g/mol. The lowest BCUT2D eigenvalue weighted by Gasteiger charge is -2.04. The van der Waals surface area contributed by atoms with Crippen LogP contribution < -0.4 is 0 Å². The molecule has 34 heavy (non-hydrogen) atoms. The molecule has 0 saturated carbocycles. The Balaban J connectivity index is 1.58. The molecule has 0 aliphatic heterocycles. The van der Waals surface area contributed by atoms with Crippen LogP contribution in [-0.4, -0.2) is 5.78 Å². The second kappa shape index (κ2) is 8.15. The summed E-state index contributed by atoms with van der Waals surface area (Å²) in [7, 11) is 0. The molecule has 0 unspecified atom stereocenters. The van der Waals surface area contributed by atoms with E-state index in [1.54, 1.807) is 12.1 Å². The largest absolute Gasteiger partial charge is 0.455 e. The molecule has 2 aromatic heterocycles. The maximum atomic E-state index is 13.2. The molecule has 4 aromatic carbocycles. The predicted molar refractivity (Wildman–Crippen MR) is 139 cm³/mol. The van der Waals surface area contributed by atoms with Crippen LogP contribution in [0.5, 0.6) is 0 Å². The van der Waals surface area contributed by atoms with Gasteiger partial charge in [-0.05, 0) is 42.8 Å². The van der Waals surface area contributed by atoms with Crippen LogP contribution in [0.1, 0.15) is 21.7 Å². The van der Waals surface area contributed by atoms with Crippen molar-refractivity contribution >= 4 is 43.7 Å². The van der Waals surface area contributed by atoms with E-state index >= 15 is 0 Å². The molecular formula is C30H19BrO3. The van der Waals surface area contributed by atoms with E-state index in [1.807, 2.05) is 61.5 Å². The Morgan fingerprint density at radius 1 is 0.706 bits per heavy atom. The maximum Gasteiger partial charge on any atom is 0.228 e. The minimum atomic E-state index is -0.133. The van der Waals surface area contributed by atoms with Crippen LogP contribution in [0.2, 0.25) is 0 Å². The van der Waals surface area contributed by atoms with Gasteiger partial charge in [0.1, 0.15) is 16.9 Å². The van der Waals surface area contributed by atoms with Gasteiger partial charge in [-0.25, -0.2) is 0 Å². The first-order valence-electron chi connectivity index (χ1n) is 11.0. The Labute approximate surface area is 204 Å². The zero-order chi connectivity index (χ0) is 23.2. The summed E-state index contributed by atoms with van der Waals surface area (Å²) in [5.41, 5.74) is 5.89. The van der Waals surface area contributed by atoms with E-state index in [2.05, 4.69) is 46.3 Å². The van der Waals surface area contributed by atoms with Crippen LogP contribution in [0.3, 0.4) is 0 Å². The Morgan fingerprint density at radius 3 is 2.00 bits per heavy atom. The van der Waals surface area contributed by atoms with Crippen LogP contribution in [0.4, 0.5) is 0 Å². The van der Waals surface area contributed by atoms with Gasteiger partial charge in [0.2, 0.25) is 5.78 Å². The fourth-order valence-corrected chi connectivity index (χ4v) is 4.71. The lowest BCUT2D eigenvalue weighted by molar-refractivity contribution is 0.101. The molecule has 6 rings (SSSR count). The van der Waals surface area contributed by atoms with Crippen LogP contribution in [-0.2, 0) is 0 Å². The molecule has 0 N–H and O–H groups in total. The van der Waals surface area contributed by atoms with Gasteiger partial charge < -0.3 is 8.83 Å². The molecule has 6 aromatic rings. The zero-order valence-electron chi connectivity index (χ0n) is 18.3. The van der Waals surface area contributed by atoms with Crippen LogP contribution in [0.15, 0.2) is 110 Å². The maximum absolute atomic E-state index is 13.2. The highest BCUT2D eigenvalue weighted by molar-refractivity contribution is 9.10. The number of rotatable bonds is 4. The number of halogens is 1. The number of carbonyl (C=O) groups excluding carboxylic acids is 1. The van der Waals surface area contributed by atoms with E-state index in [4.69, 9.17) is 8.83 Å². The number of carbonyl (C=O) groups is 1. The molecule has 0 aliphatic carbocycles. The summed E-state index contributed by atoms with van der Waals surface area (Å²) in [6.45, 7) is 1.93. The highest BCUT2D eigenvalue weighted by atomic mass is 79.9. The third-order valence-corrected chi connectivity index (χ3v) is 6.69. The molecule has 0 amide bonds. The standard InChI is InChI=1S/C30H19BrO3/c1-18-23-16-24-26(17-25(23)33-29(18)28(32)20-12-14-22(31)15-13-20)34-30(21-10-6-3-7-11-21)27(24)19-8-4-2-5-9-19/h2-17H,1H3. The summed E-state index contributed by atoms with van der Waals surface area (Å²) in [6, 6.07) is 31.6. The molecule has 0 spiro atoms. The molecule has 4 heteroatoms. The van der Waals surface area contributed by atoms with Crippen molar-refractivity contribution in [3.8, 4) is 22.5 Å².